The molecular formula is C37H30N6Pt. The van der Waals surface area contributed by atoms with E-state index < -0.39 is 17.6 Å². The Bertz CT molecular complexity index is 1880. The van der Waals surface area contributed by atoms with E-state index in [1.165, 1.54) is 30.5 Å². The van der Waals surface area contributed by atoms with Crippen LogP contribution in [0.25, 0.3) is 22.3 Å². The normalized spacial score (nSPS) is 15.5. The van der Waals surface area contributed by atoms with Crippen LogP contribution in [0.4, 0.5) is 28.4 Å². The minimum atomic E-state index is -0.590. The van der Waals surface area contributed by atoms with Gasteiger partial charge in [-0.2, -0.15) is 0 Å². The van der Waals surface area contributed by atoms with Crippen molar-refractivity contribution in [3.63, 3.8) is 0 Å². The van der Waals surface area contributed by atoms with Gasteiger partial charge >= 0.3 is 267 Å². The van der Waals surface area contributed by atoms with Crippen LogP contribution in [-0.2, 0) is 17.6 Å². The fourth-order valence-corrected chi connectivity index (χ4v) is 8.83. The van der Waals surface area contributed by atoms with Crippen LogP contribution in [0.5, 0.6) is 0 Å². The first kappa shape index (κ1) is 26.6. The molecule has 44 heavy (non-hydrogen) atoms. The van der Waals surface area contributed by atoms with Crippen LogP contribution in [0.3, 0.4) is 0 Å². The third-order valence-electron chi connectivity index (χ3n) is 7.97. The molecule has 6 nitrogen and oxygen atoms in total. The first-order chi connectivity index (χ1) is 21.7. The van der Waals surface area contributed by atoms with Gasteiger partial charge in [-0.05, 0) is 0 Å². The van der Waals surface area contributed by atoms with Crippen molar-refractivity contribution >= 4 is 43.1 Å². The van der Waals surface area contributed by atoms with E-state index in [2.05, 4.69) is 166 Å². The van der Waals surface area contributed by atoms with Crippen LogP contribution >= 0.6 is 0 Å². The van der Waals surface area contributed by atoms with Crippen molar-refractivity contribution in [2.75, 3.05) is 28.8 Å². The second kappa shape index (κ2) is 10.9. The molecule has 0 atom stereocenters. The summed E-state index contributed by atoms with van der Waals surface area (Å²) in [6.45, 7) is 0. The van der Waals surface area contributed by atoms with Crippen LogP contribution in [0.2, 0.25) is 0 Å². The van der Waals surface area contributed by atoms with Crippen LogP contribution in [0.15, 0.2) is 145 Å². The topological polar surface area (TPSA) is 28.6 Å². The number of hydrogen-bond acceptors (Lipinski definition) is 6. The molecule has 3 heterocycles. The molecule has 5 aromatic carbocycles. The summed E-state index contributed by atoms with van der Waals surface area (Å²) in [5, 5.41) is 6.74. The molecule has 5 aromatic rings. The van der Waals surface area contributed by atoms with Gasteiger partial charge in [0.2, 0.25) is 0 Å². The molecule has 0 aromatic heterocycles. The van der Waals surface area contributed by atoms with E-state index in [0.717, 1.165) is 28.4 Å². The molecule has 0 aliphatic carbocycles. The van der Waals surface area contributed by atoms with Gasteiger partial charge in [-0.1, -0.05) is 0 Å². The SMILES string of the molecule is CN1C=CN2[C]1=[Pt]=[C]1N(C)N=CN1c1cccc(c1)N(c1c(-c3ccccc3)cccc1-c1ccccc1)c1cccc2c1. The summed E-state index contributed by atoms with van der Waals surface area (Å²) < 4.78 is 2.48. The Hall–Kier alpha value is -5.06. The molecule has 0 saturated heterocycles. The Kier molecular flexibility index (Phi) is 6.57. The molecule has 0 radical (unpaired) electrons. The van der Waals surface area contributed by atoms with Gasteiger partial charge in [-0.25, -0.2) is 0 Å². The Morgan fingerprint density at radius 3 is 1.68 bits per heavy atom. The zero-order valence-corrected chi connectivity index (χ0v) is 26.6. The number of benzene rings is 5. The van der Waals surface area contributed by atoms with Gasteiger partial charge < -0.3 is 0 Å². The number of nitrogens with zero attached hydrogens (tertiary/aromatic N) is 6. The fourth-order valence-electron chi connectivity index (χ4n) is 5.88. The molecular weight excluding hydrogens is 724 g/mol. The van der Waals surface area contributed by atoms with Gasteiger partial charge in [-0.3, -0.25) is 0 Å². The van der Waals surface area contributed by atoms with Crippen molar-refractivity contribution in [3.8, 4) is 22.3 Å². The molecule has 3 aliphatic rings. The zero-order chi connectivity index (χ0) is 29.6. The maximum absolute atomic E-state index is 4.72. The van der Waals surface area contributed by atoms with Crippen molar-refractivity contribution < 1.29 is 17.6 Å². The van der Waals surface area contributed by atoms with Crippen molar-refractivity contribution in [3.05, 3.63) is 140 Å². The van der Waals surface area contributed by atoms with Crippen LogP contribution in [-0.4, -0.2) is 38.6 Å². The van der Waals surface area contributed by atoms with Gasteiger partial charge in [0.15, 0.2) is 0 Å². The second-order valence-electron chi connectivity index (χ2n) is 10.8. The van der Waals surface area contributed by atoms with Crippen LogP contribution in [0.1, 0.15) is 0 Å². The third kappa shape index (κ3) is 4.50. The molecule has 0 N–H and O–H groups in total. The molecule has 0 fully saturated rings. The first-order valence-electron chi connectivity index (χ1n) is 14.5. The van der Waals surface area contributed by atoms with E-state index in [0.29, 0.717) is 0 Å². The molecule has 8 rings (SSSR count). The molecule has 3 aliphatic heterocycles. The average molecular weight is 754 g/mol. The summed E-state index contributed by atoms with van der Waals surface area (Å²) in [6, 6.07) is 45.8. The van der Waals surface area contributed by atoms with Crippen LogP contribution < -0.4 is 14.7 Å². The van der Waals surface area contributed by atoms with Gasteiger partial charge in [0.1, 0.15) is 0 Å². The number of rotatable bonds is 3. The van der Waals surface area contributed by atoms with Crippen molar-refractivity contribution in [2.45, 2.75) is 0 Å². The summed E-state index contributed by atoms with van der Waals surface area (Å²) in [5.41, 5.74) is 10.2. The number of para-hydroxylation sites is 1. The van der Waals surface area contributed by atoms with Gasteiger partial charge in [0.25, 0.3) is 0 Å². The minimum absolute atomic E-state index is 0.590. The van der Waals surface area contributed by atoms with Crippen LogP contribution in [0, 0.1) is 0 Å². The van der Waals surface area contributed by atoms with Gasteiger partial charge in [-0.15, -0.1) is 0 Å². The Balaban J connectivity index is 1.46. The number of anilines is 5. The summed E-state index contributed by atoms with van der Waals surface area (Å²) in [6.07, 6.45) is 6.28. The van der Waals surface area contributed by atoms with Crippen molar-refractivity contribution in [1.29, 1.82) is 0 Å². The third-order valence-corrected chi connectivity index (χ3v) is 11.6. The van der Waals surface area contributed by atoms with Crippen molar-refractivity contribution in [1.82, 2.24) is 9.91 Å². The fraction of sp³-hybridized carbons (Fsp3) is 0.0541. The molecule has 7 heteroatoms. The number of hydrogen-bond donors (Lipinski definition) is 0. The van der Waals surface area contributed by atoms with E-state index in [-0.39, 0.29) is 0 Å². The predicted octanol–water partition coefficient (Wildman–Crippen LogP) is 7.68. The average Bonchev–Trinajstić information content (AvgIpc) is 3.63. The number of fused-ring (bicyclic) bond motifs is 8. The summed E-state index contributed by atoms with van der Waals surface area (Å²) in [7, 11) is 4.18. The van der Waals surface area contributed by atoms with Crippen molar-refractivity contribution in [2.24, 2.45) is 5.10 Å². The first-order valence-corrected chi connectivity index (χ1v) is 16.8. The standard InChI is InChI=1S/C37H30N6.Pt/c1-39-22-23-41(27-39)31-16-9-18-33(24-31)43(34-19-10-17-32(25-34)42-26-38-40(2)28-42)37-35(29-12-5-3-6-13-29)20-11-21-36(37)30-14-7-4-8-15-30;/h3-26H,1-2H3;. The quantitative estimate of drug-likeness (QED) is 0.189. The molecule has 0 unspecified atom stereocenters. The second-order valence-corrected chi connectivity index (χ2v) is 13.4. The Morgan fingerprint density at radius 1 is 0.523 bits per heavy atom. The summed E-state index contributed by atoms with van der Waals surface area (Å²) in [4.78, 5) is 9.26. The zero-order valence-electron chi connectivity index (χ0n) is 24.4. The Labute approximate surface area is 265 Å². The molecule has 218 valence electrons. The monoisotopic (exact) mass is 753 g/mol. The Morgan fingerprint density at radius 2 is 1.07 bits per heavy atom. The molecule has 0 spiro atoms. The summed E-state index contributed by atoms with van der Waals surface area (Å²) in [5.74, 6) is 0. The summed E-state index contributed by atoms with van der Waals surface area (Å²) >= 11 is -0.590. The predicted molar refractivity (Wildman–Crippen MR) is 180 cm³/mol. The van der Waals surface area contributed by atoms with Gasteiger partial charge in [0, 0.05) is 0 Å². The van der Waals surface area contributed by atoms with Gasteiger partial charge in [0.05, 0.1) is 0 Å². The molecule has 0 amide bonds. The van der Waals surface area contributed by atoms with E-state index >= 15 is 0 Å². The van der Waals surface area contributed by atoms with E-state index in [9.17, 15) is 0 Å². The molecule has 4 bridgehead atoms. The molecule has 0 saturated carbocycles. The van der Waals surface area contributed by atoms with E-state index in [4.69, 9.17) is 5.10 Å². The van der Waals surface area contributed by atoms with E-state index in [1.54, 1.807) is 0 Å². The van der Waals surface area contributed by atoms with E-state index in [1.807, 2.05) is 18.4 Å². The maximum atomic E-state index is 4.72. The number of hydrazone groups is 1.